The normalized spacial score (nSPS) is 11.0. The zero-order valence-electron chi connectivity index (χ0n) is 12.8. The SMILES string of the molecule is CC(=O)Oc1ccc(/C=N\n2c(Cc3cccs3)n[nH]c2=S)cc1. The summed E-state index contributed by atoms with van der Waals surface area (Å²) in [5.41, 5.74) is 0.857. The average molecular weight is 358 g/mol. The number of hydrogen-bond donors (Lipinski definition) is 1. The molecule has 1 N–H and O–H groups in total. The summed E-state index contributed by atoms with van der Waals surface area (Å²) in [7, 11) is 0. The van der Waals surface area contributed by atoms with Crippen molar-refractivity contribution in [2.24, 2.45) is 5.10 Å². The van der Waals surface area contributed by atoms with Gasteiger partial charge in [-0.2, -0.15) is 14.9 Å². The highest BCUT2D eigenvalue weighted by Gasteiger charge is 2.07. The molecule has 1 aromatic carbocycles. The first-order valence-corrected chi connectivity index (χ1v) is 8.42. The van der Waals surface area contributed by atoms with Gasteiger partial charge < -0.3 is 4.74 Å². The Morgan fingerprint density at radius 1 is 1.42 bits per heavy atom. The Hall–Kier alpha value is -2.58. The molecule has 0 saturated heterocycles. The summed E-state index contributed by atoms with van der Waals surface area (Å²) >= 11 is 6.89. The van der Waals surface area contributed by atoms with Crippen LogP contribution in [-0.2, 0) is 11.2 Å². The second kappa shape index (κ2) is 7.33. The molecular formula is C16H14N4O2S2. The number of carbonyl (C=O) groups excluding carboxylic acids is 1. The molecule has 24 heavy (non-hydrogen) atoms. The van der Waals surface area contributed by atoms with Gasteiger partial charge in [-0.25, -0.2) is 0 Å². The van der Waals surface area contributed by atoms with Gasteiger partial charge in [0.2, 0.25) is 4.77 Å². The minimum Gasteiger partial charge on any atom is -0.427 e. The first-order chi connectivity index (χ1) is 11.6. The van der Waals surface area contributed by atoms with Crippen molar-refractivity contribution in [2.75, 3.05) is 0 Å². The molecule has 0 atom stereocenters. The van der Waals surface area contributed by atoms with Crippen LogP contribution in [-0.4, -0.2) is 27.1 Å². The number of thiophene rings is 1. The van der Waals surface area contributed by atoms with E-state index in [0.29, 0.717) is 16.9 Å². The van der Waals surface area contributed by atoms with E-state index in [0.717, 1.165) is 11.4 Å². The number of H-pyrrole nitrogens is 1. The van der Waals surface area contributed by atoms with Gasteiger partial charge in [-0.3, -0.25) is 9.89 Å². The van der Waals surface area contributed by atoms with Crippen LogP contribution >= 0.6 is 23.6 Å². The fraction of sp³-hybridized carbons (Fsp3) is 0.125. The lowest BCUT2D eigenvalue weighted by molar-refractivity contribution is -0.131. The number of aromatic amines is 1. The second-order valence-electron chi connectivity index (χ2n) is 4.92. The Balaban J connectivity index is 1.78. The number of aromatic nitrogens is 3. The summed E-state index contributed by atoms with van der Waals surface area (Å²) in [6.45, 7) is 1.37. The smallest absolute Gasteiger partial charge is 0.308 e. The third-order valence-electron chi connectivity index (χ3n) is 3.09. The number of nitrogens with one attached hydrogen (secondary N) is 1. The van der Waals surface area contributed by atoms with Crippen LogP contribution in [0.15, 0.2) is 46.9 Å². The molecular weight excluding hydrogens is 344 g/mol. The molecule has 0 spiro atoms. The molecule has 3 aromatic rings. The summed E-state index contributed by atoms with van der Waals surface area (Å²) < 4.78 is 7.04. The van der Waals surface area contributed by atoms with Crippen molar-refractivity contribution >= 4 is 35.7 Å². The monoisotopic (exact) mass is 358 g/mol. The Morgan fingerprint density at radius 3 is 2.88 bits per heavy atom. The van der Waals surface area contributed by atoms with E-state index in [1.807, 2.05) is 29.6 Å². The van der Waals surface area contributed by atoms with Crippen LogP contribution in [0.3, 0.4) is 0 Å². The Bertz CT molecular complexity index is 908. The van der Waals surface area contributed by atoms with Crippen molar-refractivity contribution in [3.63, 3.8) is 0 Å². The second-order valence-corrected chi connectivity index (χ2v) is 6.34. The van der Waals surface area contributed by atoms with E-state index in [1.165, 1.54) is 11.8 Å². The summed E-state index contributed by atoms with van der Waals surface area (Å²) in [4.78, 5) is 12.1. The van der Waals surface area contributed by atoms with Gasteiger partial charge in [-0.05, 0) is 53.5 Å². The maximum absolute atomic E-state index is 10.9. The van der Waals surface area contributed by atoms with Crippen LogP contribution in [0.4, 0.5) is 0 Å². The first-order valence-electron chi connectivity index (χ1n) is 7.13. The van der Waals surface area contributed by atoms with E-state index in [1.54, 1.807) is 34.4 Å². The maximum Gasteiger partial charge on any atom is 0.308 e. The van der Waals surface area contributed by atoms with E-state index in [2.05, 4.69) is 15.3 Å². The molecule has 0 bridgehead atoms. The minimum absolute atomic E-state index is 0.348. The molecule has 6 nitrogen and oxygen atoms in total. The molecule has 0 amide bonds. The van der Waals surface area contributed by atoms with Gasteiger partial charge in [0.25, 0.3) is 0 Å². The molecule has 3 rings (SSSR count). The van der Waals surface area contributed by atoms with Gasteiger partial charge in [0.1, 0.15) is 5.75 Å². The van der Waals surface area contributed by atoms with Crippen LogP contribution in [0, 0.1) is 4.77 Å². The number of hydrogen-bond acceptors (Lipinski definition) is 6. The lowest BCUT2D eigenvalue weighted by atomic mass is 10.2. The van der Waals surface area contributed by atoms with Crippen molar-refractivity contribution in [1.82, 2.24) is 14.9 Å². The van der Waals surface area contributed by atoms with Crippen molar-refractivity contribution in [3.05, 3.63) is 62.8 Å². The lowest BCUT2D eigenvalue weighted by Gasteiger charge is -2.01. The van der Waals surface area contributed by atoms with E-state index < -0.39 is 0 Å². The number of benzene rings is 1. The summed E-state index contributed by atoms with van der Waals surface area (Å²) in [5, 5.41) is 13.4. The molecule has 2 heterocycles. The van der Waals surface area contributed by atoms with Crippen LogP contribution in [0.5, 0.6) is 5.75 Å². The predicted octanol–water partition coefficient (Wildman–Crippen LogP) is 3.40. The van der Waals surface area contributed by atoms with Crippen molar-refractivity contribution in [2.45, 2.75) is 13.3 Å². The molecule has 8 heteroatoms. The summed E-state index contributed by atoms with van der Waals surface area (Å²) in [5.74, 6) is 0.896. The van der Waals surface area contributed by atoms with Gasteiger partial charge in [-0.15, -0.1) is 11.3 Å². The Kier molecular flexibility index (Phi) is 4.97. The van der Waals surface area contributed by atoms with E-state index >= 15 is 0 Å². The number of nitrogens with zero attached hydrogens (tertiary/aromatic N) is 3. The number of esters is 1. The number of carbonyl (C=O) groups is 1. The molecule has 0 aliphatic carbocycles. The quantitative estimate of drug-likeness (QED) is 0.328. The lowest BCUT2D eigenvalue weighted by Crippen LogP contribution is -2.01. The van der Waals surface area contributed by atoms with E-state index in [4.69, 9.17) is 17.0 Å². The fourth-order valence-corrected chi connectivity index (χ4v) is 2.94. The average Bonchev–Trinajstić information content (AvgIpc) is 3.18. The van der Waals surface area contributed by atoms with Crippen LogP contribution < -0.4 is 4.74 Å². The highest BCUT2D eigenvalue weighted by atomic mass is 32.1. The molecule has 0 radical (unpaired) electrons. The molecule has 0 aliphatic rings. The van der Waals surface area contributed by atoms with Crippen molar-refractivity contribution in [3.8, 4) is 5.75 Å². The molecule has 0 aliphatic heterocycles. The van der Waals surface area contributed by atoms with Crippen molar-refractivity contribution < 1.29 is 9.53 Å². The van der Waals surface area contributed by atoms with Gasteiger partial charge >= 0.3 is 5.97 Å². The van der Waals surface area contributed by atoms with Gasteiger partial charge in [0, 0.05) is 18.2 Å². The molecule has 122 valence electrons. The zero-order valence-corrected chi connectivity index (χ0v) is 14.4. The molecule has 2 aromatic heterocycles. The van der Waals surface area contributed by atoms with Gasteiger partial charge in [0.05, 0.1) is 6.21 Å². The summed E-state index contributed by atoms with van der Waals surface area (Å²) in [6, 6.07) is 11.1. The molecule has 0 fully saturated rings. The third kappa shape index (κ3) is 4.03. The van der Waals surface area contributed by atoms with E-state index in [9.17, 15) is 4.79 Å². The molecule has 0 unspecified atom stereocenters. The summed E-state index contributed by atoms with van der Waals surface area (Å²) in [6.07, 6.45) is 2.34. The largest absolute Gasteiger partial charge is 0.427 e. The highest BCUT2D eigenvalue weighted by Crippen LogP contribution is 2.14. The first kappa shape index (κ1) is 16.3. The molecule has 0 saturated carbocycles. The van der Waals surface area contributed by atoms with Crippen molar-refractivity contribution in [1.29, 1.82) is 0 Å². The predicted molar refractivity (Wildman–Crippen MR) is 95.3 cm³/mol. The Morgan fingerprint density at radius 2 is 2.21 bits per heavy atom. The minimum atomic E-state index is -0.348. The fourth-order valence-electron chi connectivity index (χ4n) is 2.04. The van der Waals surface area contributed by atoms with E-state index in [-0.39, 0.29) is 5.97 Å². The van der Waals surface area contributed by atoms with Crippen LogP contribution in [0.1, 0.15) is 23.2 Å². The maximum atomic E-state index is 10.9. The third-order valence-corrected chi connectivity index (χ3v) is 4.23. The van der Waals surface area contributed by atoms with Gasteiger partial charge in [-0.1, -0.05) is 6.07 Å². The number of rotatable bonds is 5. The standard InChI is InChI=1S/C16H14N4O2S2/c1-11(21)22-13-6-4-12(5-7-13)10-17-20-15(18-19-16(20)23)9-14-3-2-8-24-14/h2-8,10H,9H2,1H3,(H,19,23)/b17-10-. The number of ether oxygens (including phenoxy) is 1. The topological polar surface area (TPSA) is 72.3 Å². The van der Waals surface area contributed by atoms with Crippen LogP contribution in [0.25, 0.3) is 0 Å². The van der Waals surface area contributed by atoms with Gasteiger partial charge in [0.15, 0.2) is 5.82 Å². The Labute approximate surface area is 147 Å². The van der Waals surface area contributed by atoms with Crippen LogP contribution in [0.2, 0.25) is 0 Å². The highest BCUT2D eigenvalue weighted by molar-refractivity contribution is 7.71. The zero-order chi connectivity index (χ0) is 16.9.